The van der Waals surface area contributed by atoms with Gasteiger partial charge in [0, 0.05) is 17.3 Å². The van der Waals surface area contributed by atoms with E-state index in [-0.39, 0.29) is 5.91 Å². The van der Waals surface area contributed by atoms with Gasteiger partial charge in [0.2, 0.25) is 0 Å². The molecule has 0 radical (unpaired) electrons. The average Bonchev–Trinajstić information content (AvgIpc) is 3.36. The zero-order chi connectivity index (χ0) is 18.8. The molecule has 1 N–H and O–H groups in total. The molecule has 0 aromatic heterocycles. The van der Waals surface area contributed by atoms with Gasteiger partial charge in [0.1, 0.15) is 12.4 Å². The summed E-state index contributed by atoms with van der Waals surface area (Å²) >= 11 is 7.90. The van der Waals surface area contributed by atoms with Gasteiger partial charge in [-0.15, -0.1) is 11.8 Å². The Morgan fingerprint density at radius 1 is 1.30 bits per heavy atom. The van der Waals surface area contributed by atoms with Crippen LogP contribution < -0.4 is 15.0 Å². The van der Waals surface area contributed by atoms with E-state index < -0.39 is 0 Å². The van der Waals surface area contributed by atoms with Crippen LogP contribution in [0.2, 0.25) is 5.02 Å². The van der Waals surface area contributed by atoms with E-state index in [1.165, 1.54) is 0 Å². The molecule has 4 nitrogen and oxygen atoms in total. The van der Waals surface area contributed by atoms with Crippen LogP contribution in [-0.2, 0) is 0 Å². The minimum absolute atomic E-state index is 0.00319. The van der Waals surface area contributed by atoms with Gasteiger partial charge >= 0.3 is 0 Å². The average molecular weight is 401 g/mol. The normalized spacial score (nSPS) is 16.2. The molecule has 0 bridgehead atoms. The number of thioether (sulfide) groups is 1. The summed E-state index contributed by atoms with van der Waals surface area (Å²) in [4.78, 5) is 14.6. The molecule has 0 atom stereocenters. The lowest BCUT2D eigenvalue weighted by Gasteiger charge is -2.24. The van der Waals surface area contributed by atoms with Crippen LogP contribution in [0.15, 0.2) is 53.6 Å². The second kappa shape index (κ2) is 7.87. The van der Waals surface area contributed by atoms with E-state index in [0.717, 1.165) is 35.7 Å². The molecule has 1 aliphatic carbocycles. The smallest absolute Gasteiger partial charge is 0.251 e. The van der Waals surface area contributed by atoms with Crippen molar-refractivity contribution in [2.75, 3.05) is 17.4 Å². The van der Waals surface area contributed by atoms with Crippen molar-refractivity contribution in [3.8, 4) is 5.75 Å². The maximum atomic E-state index is 12.4. The lowest BCUT2D eigenvalue weighted by Crippen LogP contribution is -2.27. The maximum absolute atomic E-state index is 12.4. The van der Waals surface area contributed by atoms with E-state index in [0.29, 0.717) is 29.0 Å². The monoisotopic (exact) mass is 400 g/mol. The number of amides is 1. The molecule has 140 valence electrons. The summed E-state index contributed by atoms with van der Waals surface area (Å²) in [6.07, 6.45) is 2.17. The molecule has 1 fully saturated rings. The summed E-state index contributed by atoms with van der Waals surface area (Å²) < 4.78 is 5.92. The second-order valence-corrected chi connectivity index (χ2v) is 8.04. The SMILES string of the molecule is Cc1ccc(C(=O)NC2CC2)cc1N1CSC=C1COc1ccccc1Cl. The van der Waals surface area contributed by atoms with E-state index in [1.54, 1.807) is 11.8 Å². The zero-order valence-corrected chi connectivity index (χ0v) is 16.6. The van der Waals surface area contributed by atoms with Crippen LogP contribution in [0.4, 0.5) is 5.69 Å². The Morgan fingerprint density at radius 3 is 2.89 bits per heavy atom. The van der Waals surface area contributed by atoms with Crippen molar-refractivity contribution in [3.63, 3.8) is 0 Å². The third-order valence-corrected chi connectivity index (χ3v) is 5.81. The fourth-order valence-electron chi connectivity index (χ4n) is 2.94. The largest absolute Gasteiger partial charge is 0.486 e. The number of carbonyl (C=O) groups is 1. The third kappa shape index (κ3) is 4.25. The van der Waals surface area contributed by atoms with Crippen LogP contribution in [-0.4, -0.2) is 24.4 Å². The molecule has 4 rings (SSSR count). The lowest BCUT2D eigenvalue weighted by molar-refractivity contribution is 0.0951. The van der Waals surface area contributed by atoms with E-state index in [1.807, 2.05) is 42.5 Å². The molecule has 1 aliphatic heterocycles. The van der Waals surface area contributed by atoms with Gasteiger partial charge < -0.3 is 15.0 Å². The van der Waals surface area contributed by atoms with Crippen LogP contribution in [0.25, 0.3) is 0 Å². The summed E-state index contributed by atoms with van der Waals surface area (Å²) in [6, 6.07) is 13.7. The summed E-state index contributed by atoms with van der Waals surface area (Å²) in [5.74, 6) is 1.48. The van der Waals surface area contributed by atoms with Crippen molar-refractivity contribution in [2.24, 2.45) is 0 Å². The summed E-state index contributed by atoms with van der Waals surface area (Å²) in [5.41, 5.74) is 3.93. The van der Waals surface area contributed by atoms with Crippen LogP contribution in [0.3, 0.4) is 0 Å². The first kappa shape index (κ1) is 18.3. The van der Waals surface area contributed by atoms with E-state index >= 15 is 0 Å². The molecule has 1 amide bonds. The molecular weight excluding hydrogens is 380 g/mol. The van der Waals surface area contributed by atoms with Gasteiger partial charge in [-0.2, -0.15) is 0 Å². The number of nitrogens with zero attached hydrogens (tertiary/aromatic N) is 1. The van der Waals surface area contributed by atoms with Crippen LogP contribution in [0, 0.1) is 6.92 Å². The number of ether oxygens (including phenoxy) is 1. The van der Waals surface area contributed by atoms with Crippen LogP contribution in [0.1, 0.15) is 28.8 Å². The van der Waals surface area contributed by atoms with Crippen molar-refractivity contribution in [1.82, 2.24) is 5.32 Å². The number of aryl methyl sites for hydroxylation is 1. The molecule has 0 unspecified atom stereocenters. The standard InChI is InChI=1S/C21H21ClN2O2S/c1-14-6-7-15(21(25)23-16-8-9-16)10-19(14)24-13-27-12-17(24)11-26-20-5-3-2-4-18(20)22/h2-7,10,12,16H,8-9,11,13H2,1H3,(H,23,25). The summed E-state index contributed by atoms with van der Waals surface area (Å²) in [5, 5.41) is 5.76. The van der Waals surface area contributed by atoms with E-state index in [2.05, 4.69) is 22.5 Å². The lowest BCUT2D eigenvalue weighted by atomic mass is 10.1. The topological polar surface area (TPSA) is 41.6 Å². The number of rotatable bonds is 6. The molecule has 6 heteroatoms. The molecule has 2 aromatic rings. The molecule has 27 heavy (non-hydrogen) atoms. The number of anilines is 1. The number of para-hydroxylation sites is 1. The maximum Gasteiger partial charge on any atom is 0.251 e. The van der Waals surface area contributed by atoms with Gasteiger partial charge in [-0.3, -0.25) is 4.79 Å². The van der Waals surface area contributed by atoms with Gasteiger partial charge in [-0.25, -0.2) is 0 Å². The quantitative estimate of drug-likeness (QED) is 0.743. The van der Waals surface area contributed by atoms with Crippen molar-refractivity contribution in [3.05, 3.63) is 69.7 Å². The molecule has 1 heterocycles. The first-order valence-corrected chi connectivity index (χ1v) is 10.4. The fourth-order valence-corrected chi connectivity index (χ4v) is 4.05. The summed E-state index contributed by atoms with van der Waals surface area (Å²) in [7, 11) is 0. The molecule has 0 spiro atoms. The van der Waals surface area contributed by atoms with Gasteiger partial charge in [-0.05, 0) is 55.0 Å². The predicted octanol–water partition coefficient (Wildman–Crippen LogP) is 4.97. The first-order valence-electron chi connectivity index (χ1n) is 8.99. The highest BCUT2D eigenvalue weighted by molar-refractivity contribution is 8.02. The number of benzene rings is 2. The zero-order valence-electron chi connectivity index (χ0n) is 15.1. The minimum Gasteiger partial charge on any atom is -0.486 e. The Hall–Kier alpha value is -2.11. The Morgan fingerprint density at radius 2 is 2.11 bits per heavy atom. The Balaban J connectivity index is 1.50. The van der Waals surface area contributed by atoms with Crippen molar-refractivity contribution in [1.29, 1.82) is 0 Å². The number of hydrogen-bond donors (Lipinski definition) is 1. The van der Waals surface area contributed by atoms with E-state index in [4.69, 9.17) is 16.3 Å². The van der Waals surface area contributed by atoms with Crippen molar-refractivity contribution >= 4 is 35.0 Å². The van der Waals surface area contributed by atoms with Crippen LogP contribution in [0.5, 0.6) is 5.75 Å². The number of hydrogen-bond acceptors (Lipinski definition) is 4. The first-order chi connectivity index (χ1) is 13.1. The van der Waals surface area contributed by atoms with Gasteiger partial charge in [-0.1, -0.05) is 29.8 Å². The molecular formula is C21H21ClN2O2S. The minimum atomic E-state index is 0.00319. The van der Waals surface area contributed by atoms with Gasteiger partial charge in [0.15, 0.2) is 0 Å². The summed E-state index contributed by atoms with van der Waals surface area (Å²) in [6.45, 7) is 2.49. The van der Waals surface area contributed by atoms with E-state index in [9.17, 15) is 4.79 Å². The highest BCUT2D eigenvalue weighted by Crippen LogP contribution is 2.34. The highest BCUT2D eigenvalue weighted by Gasteiger charge is 2.25. The second-order valence-electron chi connectivity index (χ2n) is 6.80. The third-order valence-electron chi connectivity index (χ3n) is 4.66. The fraction of sp³-hybridized carbons (Fsp3) is 0.286. The van der Waals surface area contributed by atoms with Gasteiger partial charge in [0.05, 0.1) is 16.6 Å². The Kier molecular flexibility index (Phi) is 5.32. The molecule has 2 aromatic carbocycles. The number of halogens is 1. The molecule has 2 aliphatic rings. The Labute approximate surface area is 168 Å². The number of nitrogens with one attached hydrogen (secondary N) is 1. The Bertz CT molecular complexity index is 896. The van der Waals surface area contributed by atoms with Gasteiger partial charge in [0.25, 0.3) is 5.91 Å². The van der Waals surface area contributed by atoms with Crippen LogP contribution >= 0.6 is 23.4 Å². The predicted molar refractivity (Wildman–Crippen MR) is 112 cm³/mol. The molecule has 0 saturated heterocycles. The van der Waals surface area contributed by atoms with Crippen molar-refractivity contribution in [2.45, 2.75) is 25.8 Å². The molecule has 1 saturated carbocycles. The number of carbonyl (C=O) groups excluding carboxylic acids is 1. The van der Waals surface area contributed by atoms with Crippen molar-refractivity contribution < 1.29 is 9.53 Å². The highest BCUT2D eigenvalue weighted by atomic mass is 35.5.